The summed E-state index contributed by atoms with van der Waals surface area (Å²) >= 11 is 0. The number of carbonyl (C=O) groups is 1. The lowest BCUT2D eigenvalue weighted by atomic mass is 10.2. The van der Waals surface area contributed by atoms with Crippen molar-refractivity contribution in [2.24, 2.45) is 0 Å². The zero-order valence-corrected chi connectivity index (χ0v) is 11.6. The van der Waals surface area contributed by atoms with Gasteiger partial charge >= 0.3 is 5.97 Å². The van der Waals surface area contributed by atoms with Crippen molar-refractivity contribution in [3.8, 4) is 5.75 Å². The van der Waals surface area contributed by atoms with Gasteiger partial charge in [-0.2, -0.15) is 0 Å². The van der Waals surface area contributed by atoms with Crippen LogP contribution < -0.4 is 4.74 Å². The molecule has 0 aliphatic rings. The average Bonchev–Trinajstić information content (AvgIpc) is 2.47. The van der Waals surface area contributed by atoms with Gasteiger partial charge in [-0.15, -0.1) is 0 Å². The molecule has 0 radical (unpaired) electrons. The van der Waals surface area contributed by atoms with Crippen LogP contribution in [-0.4, -0.2) is 32.4 Å². The van der Waals surface area contributed by atoms with E-state index >= 15 is 0 Å². The van der Waals surface area contributed by atoms with E-state index in [0.717, 1.165) is 12.2 Å². The highest BCUT2D eigenvalue weighted by atomic mass is 16.5. The van der Waals surface area contributed by atoms with E-state index in [4.69, 9.17) is 9.47 Å². The van der Waals surface area contributed by atoms with Crippen molar-refractivity contribution in [3.63, 3.8) is 0 Å². The molecule has 1 atom stereocenters. The van der Waals surface area contributed by atoms with E-state index in [-0.39, 0.29) is 12.1 Å². The van der Waals surface area contributed by atoms with Crippen molar-refractivity contribution in [1.29, 1.82) is 0 Å². The van der Waals surface area contributed by atoms with Crippen LogP contribution in [0.4, 0.5) is 0 Å². The van der Waals surface area contributed by atoms with Gasteiger partial charge in [0.1, 0.15) is 12.4 Å². The Bertz CT molecular complexity index is 350. The number of hydrogen-bond acceptors (Lipinski definition) is 4. The fourth-order valence-electron chi connectivity index (χ4n) is 1.59. The molecule has 0 saturated heterocycles. The normalized spacial score (nSPS) is 11.9. The molecule has 4 heteroatoms. The molecule has 0 saturated carbocycles. The Labute approximate surface area is 114 Å². The fraction of sp³-hybridized carbons (Fsp3) is 0.533. The minimum absolute atomic E-state index is 0.0840. The number of benzene rings is 1. The topological polar surface area (TPSA) is 44.8 Å². The molecule has 0 aromatic heterocycles. The molecule has 19 heavy (non-hydrogen) atoms. The maximum Gasteiger partial charge on any atom is 0.305 e. The standard InChI is InChI=1S/C15H22O4/c1-3-11-18-14(9-10-15(16)17-2)12-19-13-7-5-4-6-8-13/h4-8,14H,3,9-12H2,1-2H3. The van der Waals surface area contributed by atoms with E-state index in [1.54, 1.807) is 0 Å². The Morgan fingerprint density at radius 3 is 2.63 bits per heavy atom. The van der Waals surface area contributed by atoms with E-state index < -0.39 is 0 Å². The van der Waals surface area contributed by atoms with Gasteiger partial charge in [0.05, 0.1) is 13.2 Å². The van der Waals surface area contributed by atoms with Crippen LogP contribution in [0.15, 0.2) is 30.3 Å². The zero-order valence-electron chi connectivity index (χ0n) is 11.6. The second-order valence-corrected chi connectivity index (χ2v) is 4.23. The Morgan fingerprint density at radius 1 is 1.26 bits per heavy atom. The molecule has 1 aromatic rings. The number of para-hydroxylation sites is 1. The van der Waals surface area contributed by atoms with Crippen LogP contribution in [0.2, 0.25) is 0 Å². The molecule has 0 spiro atoms. The van der Waals surface area contributed by atoms with Gasteiger partial charge < -0.3 is 14.2 Å². The smallest absolute Gasteiger partial charge is 0.305 e. The van der Waals surface area contributed by atoms with Crippen LogP contribution in [-0.2, 0) is 14.3 Å². The highest BCUT2D eigenvalue weighted by Crippen LogP contribution is 2.11. The molecular formula is C15H22O4. The summed E-state index contributed by atoms with van der Waals surface area (Å²) in [6, 6.07) is 9.58. The molecule has 0 bridgehead atoms. The average molecular weight is 266 g/mol. The summed E-state index contributed by atoms with van der Waals surface area (Å²) < 4.78 is 16.0. The summed E-state index contributed by atoms with van der Waals surface area (Å²) in [5.41, 5.74) is 0. The quantitative estimate of drug-likeness (QED) is 0.645. The lowest BCUT2D eigenvalue weighted by molar-refractivity contribution is -0.141. The van der Waals surface area contributed by atoms with Crippen molar-refractivity contribution in [2.45, 2.75) is 32.3 Å². The molecule has 1 unspecified atom stereocenters. The second-order valence-electron chi connectivity index (χ2n) is 4.23. The fourth-order valence-corrected chi connectivity index (χ4v) is 1.59. The van der Waals surface area contributed by atoms with Crippen LogP contribution >= 0.6 is 0 Å². The van der Waals surface area contributed by atoms with Gasteiger partial charge in [0.25, 0.3) is 0 Å². The SMILES string of the molecule is CCCOC(CCC(=O)OC)COc1ccccc1. The predicted octanol–water partition coefficient (Wildman–Crippen LogP) is 2.81. The summed E-state index contributed by atoms with van der Waals surface area (Å²) in [7, 11) is 1.39. The Morgan fingerprint density at radius 2 is 2.00 bits per heavy atom. The van der Waals surface area contributed by atoms with Gasteiger partial charge in [0.15, 0.2) is 0 Å². The predicted molar refractivity (Wildman–Crippen MR) is 73.2 cm³/mol. The summed E-state index contributed by atoms with van der Waals surface area (Å²) in [6.07, 6.45) is 1.82. The van der Waals surface area contributed by atoms with Gasteiger partial charge in [-0.1, -0.05) is 25.1 Å². The Hall–Kier alpha value is -1.55. The third kappa shape index (κ3) is 6.82. The number of esters is 1. The highest BCUT2D eigenvalue weighted by Gasteiger charge is 2.13. The van der Waals surface area contributed by atoms with Crippen molar-refractivity contribution >= 4 is 5.97 Å². The molecule has 1 aromatic carbocycles. The molecule has 0 fully saturated rings. The van der Waals surface area contributed by atoms with Gasteiger partial charge in [-0.05, 0) is 25.0 Å². The van der Waals surface area contributed by atoms with Crippen LogP contribution in [0.3, 0.4) is 0 Å². The van der Waals surface area contributed by atoms with E-state index in [1.165, 1.54) is 7.11 Å². The molecule has 4 nitrogen and oxygen atoms in total. The van der Waals surface area contributed by atoms with E-state index in [0.29, 0.717) is 26.1 Å². The van der Waals surface area contributed by atoms with E-state index in [1.807, 2.05) is 30.3 Å². The van der Waals surface area contributed by atoms with E-state index in [9.17, 15) is 4.79 Å². The van der Waals surface area contributed by atoms with Gasteiger partial charge in [0.2, 0.25) is 0 Å². The number of carbonyl (C=O) groups excluding carboxylic acids is 1. The van der Waals surface area contributed by atoms with Crippen molar-refractivity contribution in [1.82, 2.24) is 0 Å². The van der Waals surface area contributed by atoms with Crippen molar-refractivity contribution in [2.75, 3.05) is 20.3 Å². The first-order valence-corrected chi connectivity index (χ1v) is 6.62. The second kappa shape index (κ2) is 9.39. The summed E-state index contributed by atoms with van der Waals surface area (Å²) in [6.45, 7) is 3.17. The third-order valence-corrected chi connectivity index (χ3v) is 2.63. The van der Waals surface area contributed by atoms with Crippen LogP contribution in [0, 0.1) is 0 Å². The van der Waals surface area contributed by atoms with Crippen molar-refractivity contribution in [3.05, 3.63) is 30.3 Å². The maximum atomic E-state index is 11.1. The number of methoxy groups -OCH3 is 1. The molecule has 0 N–H and O–H groups in total. The molecule has 1 rings (SSSR count). The Balaban J connectivity index is 2.37. The monoisotopic (exact) mass is 266 g/mol. The van der Waals surface area contributed by atoms with Gasteiger partial charge in [-0.25, -0.2) is 0 Å². The lowest BCUT2D eigenvalue weighted by Gasteiger charge is -2.17. The molecule has 0 amide bonds. The lowest BCUT2D eigenvalue weighted by Crippen LogP contribution is -2.23. The highest BCUT2D eigenvalue weighted by molar-refractivity contribution is 5.69. The number of rotatable bonds is 9. The number of hydrogen-bond donors (Lipinski definition) is 0. The van der Waals surface area contributed by atoms with Crippen molar-refractivity contribution < 1.29 is 19.0 Å². The largest absolute Gasteiger partial charge is 0.491 e. The van der Waals surface area contributed by atoms with Crippen LogP contribution in [0.5, 0.6) is 5.75 Å². The summed E-state index contributed by atoms with van der Waals surface area (Å²) in [4.78, 5) is 11.1. The minimum Gasteiger partial charge on any atom is -0.491 e. The van der Waals surface area contributed by atoms with E-state index in [2.05, 4.69) is 11.7 Å². The van der Waals surface area contributed by atoms with Gasteiger partial charge in [-0.3, -0.25) is 4.79 Å². The molecular weight excluding hydrogens is 244 g/mol. The maximum absolute atomic E-state index is 11.1. The number of ether oxygens (including phenoxy) is 3. The van der Waals surface area contributed by atoms with Crippen LogP contribution in [0.1, 0.15) is 26.2 Å². The molecule has 106 valence electrons. The zero-order chi connectivity index (χ0) is 13.9. The first-order valence-electron chi connectivity index (χ1n) is 6.62. The summed E-state index contributed by atoms with van der Waals surface area (Å²) in [5.74, 6) is 0.593. The summed E-state index contributed by atoms with van der Waals surface area (Å²) in [5, 5.41) is 0. The third-order valence-electron chi connectivity index (χ3n) is 2.63. The van der Waals surface area contributed by atoms with Crippen LogP contribution in [0.25, 0.3) is 0 Å². The first-order chi connectivity index (χ1) is 9.26. The molecule has 0 heterocycles. The Kier molecular flexibility index (Phi) is 7.66. The molecule has 0 aliphatic carbocycles. The minimum atomic E-state index is -0.218. The first kappa shape index (κ1) is 15.5. The van der Waals surface area contributed by atoms with Gasteiger partial charge in [0, 0.05) is 13.0 Å². The molecule has 0 aliphatic heterocycles.